The number of hydrogen-bond donors (Lipinski definition) is 2. The molecule has 0 aliphatic carbocycles. The van der Waals surface area contributed by atoms with E-state index in [0.29, 0.717) is 5.76 Å². The number of furan rings is 1. The van der Waals surface area contributed by atoms with Gasteiger partial charge in [-0.1, -0.05) is 34.1 Å². The van der Waals surface area contributed by atoms with E-state index in [-0.39, 0.29) is 5.11 Å². The fraction of sp³-hybridized carbons (Fsp3) is 0. The first-order chi connectivity index (χ1) is 8.66. The fourth-order valence-corrected chi connectivity index (χ4v) is 1.92. The van der Waals surface area contributed by atoms with Crippen molar-refractivity contribution in [3.63, 3.8) is 0 Å². The van der Waals surface area contributed by atoms with Crippen molar-refractivity contribution in [3.8, 4) is 11.3 Å². The average Bonchev–Trinajstić information content (AvgIpc) is 2.78. The summed E-state index contributed by atoms with van der Waals surface area (Å²) in [5, 5.41) is 3.94. The van der Waals surface area contributed by atoms with Crippen molar-refractivity contribution < 1.29 is 4.42 Å². The maximum atomic E-state index is 5.63. The van der Waals surface area contributed by atoms with Crippen LogP contribution in [0.3, 0.4) is 0 Å². The predicted molar refractivity (Wildman–Crippen MR) is 79.4 cm³/mol. The highest BCUT2D eigenvalue weighted by molar-refractivity contribution is 9.10. The molecule has 0 saturated carbocycles. The zero-order chi connectivity index (χ0) is 13.0. The minimum atomic E-state index is 0.115. The van der Waals surface area contributed by atoms with E-state index in [9.17, 15) is 0 Å². The molecule has 2 rings (SSSR count). The van der Waals surface area contributed by atoms with Crippen molar-refractivity contribution in [2.45, 2.75) is 0 Å². The Bertz CT molecular complexity index is 595. The van der Waals surface area contributed by atoms with E-state index < -0.39 is 0 Å². The number of halogens is 1. The number of thiocarbonyl (C=S) groups is 1. The van der Waals surface area contributed by atoms with Crippen LogP contribution in [0.15, 0.2) is 50.4 Å². The molecule has 1 heterocycles. The van der Waals surface area contributed by atoms with Crippen molar-refractivity contribution >= 4 is 39.5 Å². The molecule has 0 spiro atoms. The Labute approximate surface area is 118 Å². The molecule has 1 aromatic heterocycles. The second-order valence-electron chi connectivity index (χ2n) is 3.42. The van der Waals surface area contributed by atoms with Crippen molar-refractivity contribution in [2.75, 3.05) is 0 Å². The first-order valence-corrected chi connectivity index (χ1v) is 6.30. The summed E-state index contributed by atoms with van der Waals surface area (Å²) in [4.78, 5) is 0. The minimum absolute atomic E-state index is 0.115. The van der Waals surface area contributed by atoms with Gasteiger partial charge in [0.05, 0.1) is 6.21 Å². The van der Waals surface area contributed by atoms with Gasteiger partial charge in [-0.3, -0.25) is 5.43 Å². The number of nitrogens with two attached hydrogens (primary N) is 1. The van der Waals surface area contributed by atoms with Crippen molar-refractivity contribution in [1.29, 1.82) is 0 Å². The number of benzene rings is 1. The lowest BCUT2D eigenvalue weighted by molar-refractivity contribution is 0.574. The zero-order valence-electron chi connectivity index (χ0n) is 9.26. The molecule has 0 unspecified atom stereocenters. The van der Waals surface area contributed by atoms with Crippen molar-refractivity contribution in [2.24, 2.45) is 10.8 Å². The summed E-state index contributed by atoms with van der Waals surface area (Å²) in [6.45, 7) is 0. The lowest BCUT2D eigenvalue weighted by Crippen LogP contribution is -2.23. The second-order valence-corrected chi connectivity index (χ2v) is 4.71. The topological polar surface area (TPSA) is 63.5 Å². The highest BCUT2D eigenvalue weighted by atomic mass is 79.9. The smallest absolute Gasteiger partial charge is 0.184 e. The van der Waals surface area contributed by atoms with Gasteiger partial charge in [-0.15, -0.1) is 0 Å². The normalized spacial score (nSPS) is 10.7. The summed E-state index contributed by atoms with van der Waals surface area (Å²) in [7, 11) is 0. The second kappa shape index (κ2) is 5.79. The third-order valence-electron chi connectivity index (χ3n) is 2.13. The molecule has 0 fully saturated rings. The number of nitrogens with one attached hydrogen (secondary N) is 1. The van der Waals surface area contributed by atoms with Gasteiger partial charge in [-0.25, -0.2) is 0 Å². The van der Waals surface area contributed by atoms with Crippen LogP contribution in [0.25, 0.3) is 11.3 Å². The molecule has 0 saturated heterocycles. The van der Waals surface area contributed by atoms with Gasteiger partial charge in [0.2, 0.25) is 0 Å². The summed E-state index contributed by atoms with van der Waals surface area (Å²) in [6.07, 6.45) is 1.51. The van der Waals surface area contributed by atoms with Crippen LogP contribution in [0.1, 0.15) is 5.76 Å². The lowest BCUT2D eigenvalue weighted by Gasteiger charge is -1.99. The predicted octanol–water partition coefficient (Wildman–Crippen LogP) is 2.88. The molecule has 3 N–H and O–H groups in total. The molecule has 0 aliphatic heterocycles. The Hall–Kier alpha value is -1.66. The molecule has 0 aliphatic rings. The van der Waals surface area contributed by atoms with Gasteiger partial charge < -0.3 is 10.2 Å². The summed E-state index contributed by atoms with van der Waals surface area (Å²) < 4.78 is 6.60. The van der Waals surface area contributed by atoms with Gasteiger partial charge in [-0.05, 0) is 30.4 Å². The molecule has 0 atom stereocenters. The highest BCUT2D eigenvalue weighted by Crippen LogP contribution is 2.28. The standard InChI is InChI=1S/C12H10BrN3OS/c13-10-4-2-1-3-9(10)11-6-5-8(17-11)7-15-16-12(14)18/h1-7H,(H3,14,16,18)/b15-7+. The summed E-state index contributed by atoms with van der Waals surface area (Å²) in [5.41, 5.74) is 8.69. The van der Waals surface area contributed by atoms with E-state index in [0.717, 1.165) is 15.8 Å². The molecule has 1 aromatic carbocycles. The van der Waals surface area contributed by atoms with Gasteiger partial charge in [0.1, 0.15) is 11.5 Å². The van der Waals surface area contributed by atoms with E-state index in [1.165, 1.54) is 6.21 Å². The number of rotatable bonds is 3. The van der Waals surface area contributed by atoms with E-state index >= 15 is 0 Å². The van der Waals surface area contributed by atoms with Gasteiger partial charge in [-0.2, -0.15) is 5.10 Å². The Morgan fingerprint density at radius 2 is 2.11 bits per heavy atom. The van der Waals surface area contributed by atoms with Crippen molar-refractivity contribution in [3.05, 3.63) is 46.6 Å². The fourth-order valence-electron chi connectivity index (χ4n) is 1.39. The Balaban J connectivity index is 2.18. The highest BCUT2D eigenvalue weighted by Gasteiger charge is 2.06. The average molecular weight is 324 g/mol. The Morgan fingerprint density at radius 1 is 1.33 bits per heavy atom. The molecule has 18 heavy (non-hydrogen) atoms. The van der Waals surface area contributed by atoms with Gasteiger partial charge in [0, 0.05) is 10.0 Å². The number of hydrogen-bond acceptors (Lipinski definition) is 3. The zero-order valence-corrected chi connectivity index (χ0v) is 11.7. The van der Waals surface area contributed by atoms with Gasteiger partial charge >= 0.3 is 0 Å². The molecule has 2 aromatic rings. The van der Waals surface area contributed by atoms with E-state index in [4.69, 9.17) is 10.2 Å². The maximum Gasteiger partial charge on any atom is 0.184 e. The van der Waals surface area contributed by atoms with Crippen LogP contribution >= 0.6 is 28.1 Å². The maximum absolute atomic E-state index is 5.63. The number of hydrazone groups is 1. The van der Waals surface area contributed by atoms with Gasteiger partial charge in [0.25, 0.3) is 0 Å². The Morgan fingerprint density at radius 3 is 2.83 bits per heavy atom. The monoisotopic (exact) mass is 323 g/mol. The summed E-state index contributed by atoms with van der Waals surface area (Å²) >= 11 is 8.10. The molecule has 0 radical (unpaired) electrons. The third-order valence-corrected chi connectivity index (χ3v) is 2.92. The third kappa shape index (κ3) is 3.18. The lowest BCUT2D eigenvalue weighted by atomic mass is 10.2. The minimum Gasteiger partial charge on any atom is -0.455 e. The first-order valence-electron chi connectivity index (χ1n) is 5.10. The van der Waals surface area contributed by atoms with Crippen LogP contribution in [0, 0.1) is 0 Å². The SMILES string of the molecule is NC(=S)N/N=C/c1ccc(-c2ccccc2Br)o1. The molecule has 6 heteroatoms. The molecule has 0 bridgehead atoms. The van der Waals surface area contributed by atoms with Crippen molar-refractivity contribution in [1.82, 2.24) is 5.43 Å². The summed E-state index contributed by atoms with van der Waals surface area (Å²) in [6, 6.07) is 11.5. The molecule has 4 nitrogen and oxygen atoms in total. The molecule has 0 amide bonds. The van der Waals surface area contributed by atoms with Crippen LogP contribution < -0.4 is 11.2 Å². The van der Waals surface area contributed by atoms with E-state index in [1.807, 2.05) is 36.4 Å². The van der Waals surface area contributed by atoms with Crippen LogP contribution in [0.5, 0.6) is 0 Å². The molecular formula is C12H10BrN3OS. The van der Waals surface area contributed by atoms with Crippen LogP contribution in [0.2, 0.25) is 0 Å². The van der Waals surface area contributed by atoms with Crippen LogP contribution in [-0.4, -0.2) is 11.3 Å². The molecular weight excluding hydrogens is 314 g/mol. The van der Waals surface area contributed by atoms with Crippen LogP contribution in [-0.2, 0) is 0 Å². The first kappa shape index (κ1) is 12.8. The summed E-state index contributed by atoms with van der Waals surface area (Å²) in [5.74, 6) is 1.38. The Kier molecular flexibility index (Phi) is 4.11. The number of nitrogens with zero attached hydrogens (tertiary/aromatic N) is 1. The van der Waals surface area contributed by atoms with E-state index in [1.54, 1.807) is 0 Å². The molecule has 92 valence electrons. The largest absolute Gasteiger partial charge is 0.455 e. The van der Waals surface area contributed by atoms with Crippen LogP contribution in [0.4, 0.5) is 0 Å². The van der Waals surface area contributed by atoms with Gasteiger partial charge in [0.15, 0.2) is 5.11 Å². The quantitative estimate of drug-likeness (QED) is 0.518. The van der Waals surface area contributed by atoms with E-state index in [2.05, 4.69) is 38.7 Å².